The van der Waals surface area contributed by atoms with E-state index >= 15 is 0 Å². The number of ether oxygens (including phenoxy) is 1. The molecule has 5 heterocycles. The largest absolute Gasteiger partial charge is 0.385 e. The number of aromatic nitrogens is 5. The molecular weight excluding hydrogens is 506 g/mol. The Bertz CT molecular complexity index is 1570. The second kappa shape index (κ2) is 9.20. The average molecular weight is 536 g/mol. The van der Waals surface area contributed by atoms with Crippen molar-refractivity contribution in [3.63, 3.8) is 0 Å². The van der Waals surface area contributed by atoms with Gasteiger partial charge >= 0.3 is 0 Å². The van der Waals surface area contributed by atoms with E-state index in [4.69, 9.17) is 21.3 Å². The van der Waals surface area contributed by atoms with Gasteiger partial charge in [0.25, 0.3) is 0 Å². The highest BCUT2D eigenvalue weighted by atomic mass is 35.5. The highest BCUT2D eigenvalue weighted by Gasteiger charge is 2.34. The minimum atomic E-state index is -1.06. The molecule has 1 aliphatic rings. The zero-order chi connectivity index (χ0) is 25.9. The van der Waals surface area contributed by atoms with Crippen LogP contribution in [0.5, 0.6) is 0 Å². The van der Waals surface area contributed by atoms with E-state index in [1.54, 1.807) is 18.5 Å². The molecule has 4 aromatic heterocycles. The first-order valence-corrected chi connectivity index (χ1v) is 13.8. The number of aliphatic hydroxyl groups is 1. The Morgan fingerprint density at radius 3 is 2.57 bits per heavy atom. The molecule has 0 spiro atoms. The van der Waals surface area contributed by atoms with Crippen molar-refractivity contribution < 1.29 is 9.84 Å². The number of hydrogen-bond donors (Lipinski definition) is 1. The molecule has 1 saturated heterocycles. The maximum Gasteiger partial charge on any atom is 0.106 e. The maximum absolute atomic E-state index is 10.9. The van der Waals surface area contributed by atoms with Crippen molar-refractivity contribution in [2.45, 2.75) is 45.3 Å². The highest BCUT2D eigenvalue weighted by Crippen LogP contribution is 2.49. The molecule has 1 unspecified atom stereocenters. The van der Waals surface area contributed by atoms with Crippen molar-refractivity contribution in [3.05, 3.63) is 63.8 Å². The van der Waals surface area contributed by atoms with Crippen LogP contribution >= 0.6 is 22.9 Å². The van der Waals surface area contributed by atoms with E-state index in [1.807, 2.05) is 20.2 Å². The van der Waals surface area contributed by atoms with Crippen molar-refractivity contribution in [3.8, 4) is 11.3 Å². The monoisotopic (exact) mass is 535 g/mol. The summed E-state index contributed by atoms with van der Waals surface area (Å²) < 4.78 is 10.9. The van der Waals surface area contributed by atoms with Gasteiger partial charge in [0.1, 0.15) is 5.52 Å². The third kappa shape index (κ3) is 4.07. The second-order valence-corrected chi connectivity index (χ2v) is 11.8. The Labute approximate surface area is 224 Å². The quantitative estimate of drug-likeness (QED) is 0.288. The van der Waals surface area contributed by atoms with Crippen LogP contribution in [0.25, 0.3) is 32.5 Å². The summed E-state index contributed by atoms with van der Waals surface area (Å²) in [5.74, 6) is 0.361. The number of halogens is 1. The molecule has 7 nitrogen and oxygen atoms in total. The van der Waals surface area contributed by atoms with E-state index in [-0.39, 0.29) is 6.04 Å². The van der Waals surface area contributed by atoms with Crippen LogP contribution < -0.4 is 0 Å². The molecule has 1 atom stereocenters. The molecule has 0 aliphatic carbocycles. The normalized spacial score (nSPS) is 16.2. The molecule has 6 rings (SSSR count). The lowest BCUT2D eigenvalue weighted by atomic mass is 9.86. The molecule has 1 fully saturated rings. The van der Waals surface area contributed by atoms with Crippen LogP contribution in [-0.4, -0.2) is 42.9 Å². The van der Waals surface area contributed by atoms with Crippen molar-refractivity contribution in [1.29, 1.82) is 0 Å². The first-order chi connectivity index (χ1) is 17.8. The number of aryl methyl sites for hydroxylation is 2. The van der Waals surface area contributed by atoms with Gasteiger partial charge in [0, 0.05) is 32.0 Å². The Hall–Kier alpha value is -2.78. The molecule has 192 valence electrons. The zero-order valence-corrected chi connectivity index (χ0v) is 23.0. The van der Waals surface area contributed by atoms with Crippen LogP contribution in [0.3, 0.4) is 0 Å². The maximum atomic E-state index is 10.9. The number of fused-ring (bicyclic) bond motifs is 3. The molecule has 37 heavy (non-hydrogen) atoms. The number of nitrogens with zero attached hydrogens (tertiary/aromatic N) is 5. The predicted octanol–water partition coefficient (Wildman–Crippen LogP) is 6.25. The van der Waals surface area contributed by atoms with Crippen LogP contribution in [0.4, 0.5) is 0 Å². The van der Waals surface area contributed by atoms with Gasteiger partial charge in [0.2, 0.25) is 0 Å². The van der Waals surface area contributed by atoms with E-state index in [0.717, 1.165) is 69.1 Å². The van der Waals surface area contributed by atoms with E-state index in [2.05, 4.69) is 51.3 Å². The Balaban J connectivity index is 1.70. The first-order valence-electron chi connectivity index (χ1n) is 12.6. The van der Waals surface area contributed by atoms with Gasteiger partial charge in [0.15, 0.2) is 0 Å². The molecule has 0 amide bonds. The second-order valence-electron chi connectivity index (χ2n) is 10.4. The number of hydrogen-bond acceptors (Lipinski definition) is 6. The first kappa shape index (κ1) is 24.6. The topological polar surface area (TPSA) is 78.0 Å². The predicted molar refractivity (Wildman–Crippen MR) is 148 cm³/mol. The van der Waals surface area contributed by atoms with Crippen molar-refractivity contribution in [1.82, 2.24) is 24.5 Å². The summed E-state index contributed by atoms with van der Waals surface area (Å²) in [7, 11) is 1.90. The summed E-state index contributed by atoms with van der Waals surface area (Å²) in [6, 6.07) is 12.9. The van der Waals surface area contributed by atoms with Gasteiger partial charge in [-0.25, -0.2) is 4.68 Å². The molecular formula is C28H30ClN5O2S. The summed E-state index contributed by atoms with van der Waals surface area (Å²) in [4.78, 5) is 5.74. The lowest BCUT2D eigenvalue weighted by molar-refractivity contribution is 0.0553. The van der Waals surface area contributed by atoms with Gasteiger partial charge in [-0.2, -0.15) is 0 Å². The SMILES string of the molecule is Cc1nnn(C)c1-c1cnc2c3sc(C(C)(C)O)c(Cl)c3n(C(c3ccccc3)C3CCOCC3)c2c1. The fourth-order valence-electron chi connectivity index (χ4n) is 5.69. The standard InChI is InChI=1S/C28H30ClN5O2S/c1-16-23(33(4)32-31-16)19-14-20-22(30-15-19)26-25(21(29)27(37-26)28(2,3)35)34(20)24(17-8-6-5-7-9-17)18-10-12-36-13-11-18/h5-9,14-15,18,24,35H,10-13H2,1-4H3. The number of thiophene rings is 1. The fourth-order valence-corrected chi connectivity index (χ4v) is 7.47. The molecule has 0 radical (unpaired) electrons. The molecule has 0 bridgehead atoms. The number of pyridine rings is 1. The van der Waals surface area contributed by atoms with E-state index in [1.165, 1.54) is 16.9 Å². The summed E-state index contributed by atoms with van der Waals surface area (Å²) in [5.41, 5.74) is 5.77. The molecule has 5 aromatic rings. The van der Waals surface area contributed by atoms with E-state index in [9.17, 15) is 5.11 Å². The molecule has 0 saturated carbocycles. The Morgan fingerprint density at radius 2 is 1.92 bits per heavy atom. The van der Waals surface area contributed by atoms with Gasteiger partial charge < -0.3 is 14.4 Å². The average Bonchev–Trinajstić information content (AvgIpc) is 3.51. The van der Waals surface area contributed by atoms with Crippen LogP contribution in [-0.2, 0) is 17.4 Å². The number of rotatable bonds is 5. The Morgan fingerprint density at radius 1 is 1.19 bits per heavy atom. The summed E-state index contributed by atoms with van der Waals surface area (Å²) in [6.07, 6.45) is 3.80. The summed E-state index contributed by atoms with van der Waals surface area (Å²) >= 11 is 8.66. The minimum absolute atomic E-state index is 0.0367. The van der Waals surface area contributed by atoms with Crippen molar-refractivity contribution >= 4 is 44.2 Å². The zero-order valence-electron chi connectivity index (χ0n) is 21.4. The van der Waals surface area contributed by atoms with Gasteiger partial charge in [-0.15, -0.1) is 16.4 Å². The van der Waals surface area contributed by atoms with E-state index in [0.29, 0.717) is 10.9 Å². The van der Waals surface area contributed by atoms with Crippen molar-refractivity contribution in [2.75, 3.05) is 13.2 Å². The third-order valence-electron chi connectivity index (χ3n) is 7.37. The Kier molecular flexibility index (Phi) is 6.11. The number of benzene rings is 1. The van der Waals surface area contributed by atoms with Crippen molar-refractivity contribution in [2.24, 2.45) is 13.0 Å². The van der Waals surface area contributed by atoms with E-state index < -0.39 is 5.60 Å². The lowest BCUT2D eigenvalue weighted by Gasteiger charge is -2.33. The van der Waals surface area contributed by atoms with Crippen LogP contribution in [0.1, 0.15) is 48.9 Å². The molecule has 9 heteroatoms. The highest BCUT2D eigenvalue weighted by molar-refractivity contribution is 7.21. The van der Waals surface area contributed by atoms with Gasteiger partial charge in [0.05, 0.1) is 48.7 Å². The molecule has 1 aliphatic heterocycles. The molecule has 1 aromatic carbocycles. The van der Waals surface area contributed by atoms with Crippen LogP contribution in [0.15, 0.2) is 42.6 Å². The lowest BCUT2D eigenvalue weighted by Crippen LogP contribution is -2.27. The smallest absolute Gasteiger partial charge is 0.106 e. The van der Waals surface area contributed by atoms with Crippen LogP contribution in [0, 0.1) is 12.8 Å². The van der Waals surface area contributed by atoms with Gasteiger partial charge in [-0.3, -0.25) is 4.98 Å². The van der Waals surface area contributed by atoms with Gasteiger partial charge in [-0.1, -0.05) is 47.1 Å². The molecule has 1 N–H and O–H groups in total. The summed E-state index contributed by atoms with van der Waals surface area (Å²) in [6.45, 7) is 7.02. The van der Waals surface area contributed by atoms with Crippen LogP contribution in [0.2, 0.25) is 5.02 Å². The minimum Gasteiger partial charge on any atom is -0.385 e. The third-order valence-corrected chi connectivity index (χ3v) is 9.34. The fraction of sp³-hybridized carbons (Fsp3) is 0.393. The summed E-state index contributed by atoms with van der Waals surface area (Å²) in [5, 5.41) is 20.0. The van der Waals surface area contributed by atoms with Gasteiger partial charge in [-0.05, 0) is 51.2 Å².